The molecule has 6 heteroatoms. The predicted octanol–water partition coefficient (Wildman–Crippen LogP) is 5.44. The molecule has 0 radical (unpaired) electrons. The smallest absolute Gasteiger partial charge is 0.182 e. The Kier molecular flexibility index (Phi) is 3.32. The molecular weight excluding hydrogens is 318 g/mol. The van der Waals surface area contributed by atoms with Crippen molar-refractivity contribution >= 4 is 46.5 Å². The number of fused-ring (bicyclic) bond motifs is 1. The molecule has 1 N–H and O–H groups in total. The highest BCUT2D eigenvalue weighted by atomic mass is 35.5. The largest absolute Gasteiger partial charge is 0.330 e. The van der Waals surface area contributed by atoms with Crippen LogP contribution in [0.4, 0.5) is 4.39 Å². The number of aromatic nitrogens is 2. The van der Waals surface area contributed by atoms with Crippen LogP contribution in [0.25, 0.3) is 16.7 Å². The molecule has 0 saturated heterocycles. The molecule has 0 saturated carbocycles. The fraction of sp³-hybridized carbons (Fsp3) is 0.0714. The summed E-state index contributed by atoms with van der Waals surface area (Å²) in [6.07, 6.45) is 0. The van der Waals surface area contributed by atoms with Gasteiger partial charge in [-0.1, -0.05) is 35.3 Å². The van der Waals surface area contributed by atoms with Crippen LogP contribution in [0.5, 0.6) is 0 Å². The molecule has 3 rings (SSSR count). The van der Waals surface area contributed by atoms with E-state index >= 15 is 0 Å². The Labute approximate surface area is 129 Å². The molecule has 0 aliphatic heterocycles. The summed E-state index contributed by atoms with van der Waals surface area (Å²) in [6, 6.07) is 8.25. The van der Waals surface area contributed by atoms with E-state index in [2.05, 4.69) is 4.98 Å². The SMILES string of the molecule is Cc1cccc2c1[nH]c(=S)n2-c1c(Cl)cc(F)cc1Cl. The maximum Gasteiger partial charge on any atom is 0.182 e. The zero-order valence-electron chi connectivity index (χ0n) is 10.4. The van der Waals surface area contributed by atoms with E-state index in [9.17, 15) is 4.39 Å². The van der Waals surface area contributed by atoms with Crippen LogP contribution < -0.4 is 0 Å². The van der Waals surface area contributed by atoms with Crippen molar-refractivity contribution in [3.63, 3.8) is 0 Å². The fourth-order valence-corrected chi connectivity index (χ4v) is 3.16. The highest BCUT2D eigenvalue weighted by molar-refractivity contribution is 7.71. The number of para-hydroxylation sites is 1. The molecule has 0 atom stereocenters. The molecule has 0 aliphatic carbocycles. The summed E-state index contributed by atoms with van der Waals surface area (Å²) in [5.74, 6) is -0.480. The van der Waals surface area contributed by atoms with Gasteiger partial charge in [-0.15, -0.1) is 0 Å². The number of aromatic amines is 1. The molecule has 0 unspecified atom stereocenters. The monoisotopic (exact) mass is 326 g/mol. The van der Waals surface area contributed by atoms with Crippen molar-refractivity contribution in [2.75, 3.05) is 0 Å². The van der Waals surface area contributed by atoms with Gasteiger partial charge in [0.05, 0.1) is 26.8 Å². The van der Waals surface area contributed by atoms with E-state index in [0.717, 1.165) is 16.6 Å². The van der Waals surface area contributed by atoms with Crippen LogP contribution in [0, 0.1) is 17.5 Å². The summed E-state index contributed by atoms with van der Waals surface area (Å²) in [5, 5.41) is 0.432. The number of hydrogen-bond donors (Lipinski definition) is 1. The van der Waals surface area contributed by atoms with Crippen molar-refractivity contribution in [2.24, 2.45) is 0 Å². The molecule has 0 aliphatic rings. The molecule has 20 heavy (non-hydrogen) atoms. The fourth-order valence-electron chi connectivity index (χ4n) is 2.24. The van der Waals surface area contributed by atoms with Gasteiger partial charge >= 0.3 is 0 Å². The Balaban J connectivity index is 2.45. The summed E-state index contributed by atoms with van der Waals surface area (Å²) in [6.45, 7) is 1.98. The topological polar surface area (TPSA) is 20.7 Å². The first-order valence-electron chi connectivity index (χ1n) is 5.84. The summed E-state index contributed by atoms with van der Waals surface area (Å²) < 4.78 is 15.5. The van der Waals surface area contributed by atoms with E-state index in [1.165, 1.54) is 12.1 Å². The lowest BCUT2D eigenvalue weighted by molar-refractivity contribution is 0.627. The van der Waals surface area contributed by atoms with Gasteiger partial charge in [0.2, 0.25) is 0 Å². The van der Waals surface area contributed by atoms with Gasteiger partial charge in [-0.05, 0) is 42.9 Å². The van der Waals surface area contributed by atoms with Crippen LogP contribution in [-0.4, -0.2) is 9.55 Å². The lowest BCUT2D eigenvalue weighted by Gasteiger charge is -2.10. The standard InChI is InChI=1S/C14H9Cl2FN2S/c1-7-3-2-4-11-12(7)18-14(20)19(11)13-9(15)5-8(17)6-10(13)16/h2-6H,1H3,(H,18,20). The molecule has 0 fully saturated rings. The van der Waals surface area contributed by atoms with Gasteiger partial charge in [-0.25, -0.2) is 4.39 Å². The minimum atomic E-state index is -0.480. The second-order valence-electron chi connectivity index (χ2n) is 4.45. The number of rotatable bonds is 1. The lowest BCUT2D eigenvalue weighted by atomic mass is 10.2. The number of benzene rings is 2. The van der Waals surface area contributed by atoms with E-state index in [1.807, 2.05) is 25.1 Å². The first kappa shape index (κ1) is 13.6. The lowest BCUT2D eigenvalue weighted by Crippen LogP contribution is -1.97. The molecular formula is C14H9Cl2FN2S. The first-order valence-corrected chi connectivity index (χ1v) is 7.00. The number of imidazole rings is 1. The van der Waals surface area contributed by atoms with Gasteiger partial charge in [-0.3, -0.25) is 4.57 Å². The minimum absolute atomic E-state index is 0.216. The summed E-state index contributed by atoms with van der Waals surface area (Å²) in [7, 11) is 0. The predicted molar refractivity (Wildman–Crippen MR) is 83.2 cm³/mol. The van der Waals surface area contributed by atoms with Crippen LogP contribution >= 0.6 is 35.4 Å². The number of aryl methyl sites for hydroxylation is 1. The third-order valence-corrected chi connectivity index (χ3v) is 3.99. The van der Waals surface area contributed by atoms with Crippen LogP contribution in [0.2, 0.25) is 10.0 Å². The highest BCUT2D eigenvalue weighted by Gasteiger charge is 2.15. The average molecular weight is 327 g/mol. The maximum atomic E-state index is 13.3. The minimum Gasteiger partial charge on any atom is -0.330 e. The molecule has 102 valence electrons. The Morgan fingerprint density at radius 2 is 1.85 bits per heavy atom. The summed E-state index contributed by atoms with van der Waals surface area (Å²) in [5.41, 5.74) is 3.30. The molecule has 0 bridgehead atoms. The van der Waals surface area contributed by atoms with E-state index in [1.54, 1.807) is 4.57 Å². The highest BCUT2D eigenvalue weighted by Crippen LogP contribution is 2.33. The van der Waals surface area contributed by atoms with Crippen molar-refractivity contribution in [1.82, 2.24) is 9.55 Å². The number of hydrogen-bond acceptors (Lipinski definition) is 1. The summed E-state index contributed by atoms with van der Waals surface area (Å²) in [4.78, 5) is 3.13. The van der Waals surface area contributed by atoms with Crippen LogP contribution in [0.15, 0.2) is 30.3 Å². The van der Waals surface area contributed by atoms with E-state index < -0.39 is 5.82 Å². The van der Waals surface area contributed by atoms with Crippen molar-refractivity contribution in [2.45, 2.75) is 6.92 Å². The maximum absolute atomic E-state index is 13.3. The second-order valence-corrected chi connectivity index (χ2v) is 5.65. The molecule has 1 heterocycles. The third kappa shape index (κ3) is 2.04. The number of nitrogens with one attached hydrogen (secondary N) is 1. The number of H-pyrrole nitrogens is 1. The zero-order chi connectivity index (χ0) is 14.4. The van der Waals surface area contributed by atoms with Crippen molar-refractivity contribution in [1.29, 1.82) is 0 Å². The van der Waals surface area contributed by atoms with Crippen LogP contribution in [0.1, 0.15) is 5.56 Å². The van der Waals surface area contributed by atoms with Crippen molar-refractivity contribution < 1.29 is 4.39 Å². The van der Waals surface area contributed by atoms with Gasteiger partial charge in [0.25, 0.3) is 0 Å². The Bertz CT molecular complexity index is 859. The Morgan fingerprint density at radius 1 is 1.20 bits per heavy atom. The van der Waals surface area contributed by atoms with Crippen LogP contribution in [0.3, 0.4) is 0 Å². The first-order chi connectivity index (χ1) is 9.49. The van der Waals surface area contributed by atoms with E-state index in [4.69, 9.17) is 35.4 Å². The number of halogens is 3. The molecule has 0 spiro atoms. The van der Waals surface area contributed by atoms with Crippen molar-refractivity contribution in [3.05, 3.63) is 56.5 Å². The van der Waals surface area contributed by atoms with Gasteiger partial charge in [0.15, 0.2) is 4.77 Å². The van der Waals surface area contributed by atoms with Gasteiger partial charge in [0.1, 0.15) is 5.82 Å². The molecule has 2 aromatic carbocycles. The zero-order valence-corrected chi connectivity index (χ0v) is 12.7. The Morgan fingerprint density at radius 3 is 2.50 bits per heavy atom. The third-order valence-electron chi connectivity index (χ3n) is 3.13. The normalized spacial score (nSPS) is 11.2. The van der Waals surface area contributed by atoms with Gasteiger partial charge < -0.3 is 4.98 Å². The van der Waals surface area contributed by atoms with Crippen molar-refractivity contribution in [3.8, 4) is 5.69 Å². The quantitative estimate of drug-likeness (QED) is 0.590. The van der Waals surface area contributed by atoms with E-state index in [0.29, 0.717) is 10.5 Å². The molecule has 0 amide bonds. The molecule has 1 aromatic heterocycles. The second kappa shape index (κ2) is 4.88. The Hall–Kier alpha value is -1.36. The van der Waals surface area contributed by atoms with Gasteiger partial charge in [-0.2, -0.15) is 0 Å². The van der Waals surface area contributed by atoms with Crippen LogP contribution in [-0.2, 0) is 0 Å². The van der Waals surface area contributed by atoms with Gasteiger partial charge in [0, 0.05) is 0 Å². The average Bonchev–Trinajstić information content (AvgIpc) is 2.67. The van der Waals surface area contributed by atoms with E-state index in [-0.39, 0.29) is 10.0 Å². The molecule has 3 aromatic rings. The molecule has 2 nitrogen and oxygen atoms in total. The number of nitrogens with zero attached hydrogens (tertiary/aromatic N) is 1. The summed E-state index contributed by atoms with van der Waals surface area (Å²) >= 11 is 17.6.